The monoisotopic (exact) mass is 420 g/mol. The van der Waals surface area contributed by atoms with Crippen molar-refractivity contribution in [3.05, 3.63) is 70.8 Å². The Labute approximate surface area is 182 Å². The Bertz CT molecular complexity index is 1030. The smallest absolute Gasteiger partial charge is 0.259 e. The van der Waals surface area contributed by atoms with E-state index in [0.29, 0.717) is 37.5 Å². The van der Waals surface area contributed by atoms with E-state index in [0.717, 1.165) is 16.7 Å². The molecule has 0 atom stereocenters. The van der Waals surface area contributed by atoms with Gasteiger partial charge in [0, 0.05) is 32.8 Å². The van der Waals surface area contributed by atoms with Gasteiger partial charge in [0.2, 0.25) is 5.96 Å². The molecular weight excluding hydrogens is 392 g/mol. The zero-order valence-electron chi connectivity index (χ0n) is 18.1. The second-order valence-corrected chi connectivity index (χ2v) is 7.46. The number of ether oxygens (including phenoxy) is 1. The Kier molecular flexibility index (Phi) is 7.20. The summed E-state index contributed by atoms with van der Waals surface area (Å²) in [6.07, 6.45) is 2.52. The van der Waals surface area contributed by atoms with Gasteiger partial charge in [-0.25, -0.2) is 0 Å². The molecule has 0 bridgehead atoms. The van der Waals surface area contributed by atoms with Crippen LogP contribution in [0.3, 0.4) is 0 Å². The van der Waals surface area contributed by atoms with Crippen LogP contribution in [0.1, 0.15) is 27.9 Å². The van der Waals surface area contributed by atoms with Gasteiger partial charge >= 0.3 is 0 Å². The predicted octanol–water partition coefficient (Wildman–Crippen LogP) is 3.54. The minimum Gasteiger partial charge on any atom is -0.508 e. The first kappa shape index (κ1) is 22.2. The first-order valence-corrected chi connectivity index (χ1v) is 10.2. The molecule has 7 nitrogen and oxygen atoms in total. The largest absolute Gasteiger partial charge is 0.508 e. The highest BCUT2D eigenvalue weighted by Crippen LogP contribution is 2.25. The zero-order chi connectivity index (χ0) is 22.4. The van der Waals surface area contributed by atoms with Crippen LogP contribution >= 0.6 is 0 Å². The third-order valence-corrected chi connectivity index (χ3v) is 5.18. The summed E-state index contributed by atoms with van der Waals surface area (Å²) in [5.41, 5.74) is 3.17. The summed E-state index contributed by atoms with van der Waals surface area (Å²) in [4.78, 5) is 21.2. The molecule has 1 amide bonds. The van der Waals surface area contributed by atoms with Gasteiger partial charge in [0.05, 0.1) is 6.61 Å². The summed E-state index contributed by atoms with van der Waals surface area (Å²) in [7, 11) is 3.38. The summed E-state index contributed by atoms with van der Waals surface area (Å²) in [5, 5.41) is 18.2. The Balaban J connectivity index is 1.98. The van der Waals surface area contributed by atoms with Crippen LogP contribution in [-0.4, -0.2) is 66.5 Å². The van der Waals surface area contributed by atoms with Gasteiger partial charge in [-0.05, 0) is 54.3 Å². The van der Waals surface area contributed by atoms with E-state index in [1.807, 2.05) is 43.3 Å². The van der Waals surface area contributed by atoms with Crippen molar-refractivity contribution in [2.75, 3.05) is 33.9 Å². The second-order valence-electron chi connectivity index (χ2n) is 7.46. The number of nitrogens with one attached hydrogen (secondary N) is 1. The maximum Gasteiger partial charge on any atom is 0.259 e. The van der Waals surface area contributed by atoms with Gasteiger partial charge in [-0.3, -0.25) is 15.1 Å². The number of carbonyl (C=O) groups is 1. The fourth-order valence-corrected chi connectivity index (χ4v) is 3.38. The highest BCUT2D eigenvalue weighted by atomic mass is 16.5. The Morgan fingerprint density at radius 3 is 2.77 bits per heavy atom. The van der Waals surface area contributed by atoms with Gasteiger partial charge in [0.15, 0.2) is 0 Å². The third kappa shape index (κ3) is 5.38. The second kappa shape index (κ2) is 10.0. The molecule has 0 saturated carbocycles. The molecule has 1 saturated heterocycles. The molecule has 3 rings (SSSR count). The Morgan fingerprint density at radius 2 is 2.06 bits per heavy atom. The van der Waals surface area contributed by atoms with Crippen LogP contribution in [0.25, 0.3) is 6.08 Å². The van der Waals surface area contributed by atoms with Crippen molar-refractivity contribution >= 4 is 23.8 Å². The number of amidine groups is 1. The van der Waals surface area contributed by atoms with Crippen molar-refractivity contribution in [2.24, 2.45) is 4.99 Å². The van der Waals surface area contributed by atoms with Gasteiger partial charge in [-0.2, -0.15) is 4.99 Å². The van der Waals surface area contributed by atoms with E-state index >= 15 is 0 Å². The van der Waals surface area contributed by atoms with Gasteiger partial charge < -0.3 is 14.7 Å². The van der Waals surface area contributed by atoms with Crippen LogP contribution in [0.15, 0.2) is 59.1 Å². The number of aryl methyl sites for hydroxylation is 1. The maximum absolute atomic E-state index is 13.3. The first-order valence-electron chi connectivity index (χ1n) is 10.2. The number of methoxy groups -OCH3 is 1. The quantitative estimate of drug-likeness (QED) is 0.572. The minimum absolute atomic E-state index is 0.0540. The molecule has 31 heavy (non-hydrogen) atoms. The van der Waals surface area contributed by atoms with Crippen LogP contribution < -0.4 is 0 Å². The van der Waals surface area contributed by atoms with E-state index < -0.39 is 0 Å². The van der Waals surface area contributed by atoms with E-state index in [2.05, 4.69) is 4.99 Å². The van der Waals surface area contributed by atoms with E-state index in [9.17, 15) is 9.90 Å². The lowest BCUT2D eigenvalue weighted by Gasteiger charge is -2.21. The van der Waals surface area contributed by atoms with Crippen molar-refractivity contribution < 1.29 is 14.6 Å². The standard InChI is InChI=1S/C24H28N4O3/c1-17-7-4-5-10-21(17)23(30)28-12-11-19(15-18-8-6-9-20(29)16-18)22(28)26-24(25)27(2)13-14-31-3/h4-10,15-16,25,29H,11-14H2,1-3H3/b19-15+,25-24?,26-22?. The topological polar surface area (TPSA) is 89.2 Å². The van der Waals surface area contributed by atoms with E-state index in [1.165, 1.54) is 0 Å². The van der Waals surface area contributed by atoms with E-state index in [4.69, 9.17) is 10.1 Å². The Hall–Kier alpha value is -3.45. The predicted molar refractivity (Wildman–Crippen MR) is 123 cm³/mol. The summed E-state index contributed by atoms with van der Waals surface area (Å²) >= 11 is 0. The van der Waals surface area contributed by atoms with Crippen molar-refractivity contribution in [1.29, 1.82) is 5.41 Å². The lowest BCUT2D eigenvalue weighted by Crippen LogP contribution is -2.35. The molecular formula is C24H28N4O3. The molecule has 2 aromatic carbocycles. The van der Waals surface area contributed by atoms with Crippen molar-refractivity contribution in [3.63, 3.8) is 0 Å². The lowest BCUT2D eigenvalue weighted by molar-refractivity contribution is 0.0856. The molecule has 0 aliphatic carbocycles. The SMILES string of the molecule is COCCN(C)C(=N)N=C1/C(=C/c2cccc(O)c2)CCN1C(=O)c1ccccc1C. The molecule has 0 unspecified atom stereocenters. The highest BCUT2D eigenvalue weighted by molar-refractivity contribution is 6.18. The molecule has 0 spiro atoms. The average Bonchev–Trinajstić information content (AvgIpc) is 3.13. The van der Waals surface area contributed by atoms with Crippen LogP contribution in [0, 0.1) is 12.3 Å². The van der Waals surface area contributed by atoms with Gasteiger partial charge in [-0.15, -0.1) is 0 Å². The molecule has 1 fully saturated rings. The number of phenolic OH excluding ortho intramolecular Hbond substituents is 1. The fourth-order valence-electron chi connectivity index (χ4n) is 3.38. The molecule has 1 aliphatic heterocycles. The molecule has 0 aromatic heterocycles. The van der Waals surface area contributed by atoms with Crippen LogP contribution in [-0.2, 0) is 4.74 Å². The molecule has 7 heteroatoms. The van der Waals surface area contributed by atoms with E-state index in [-0.39, 0.29) is 17.6 Å². The number of guanidine groups is 1. The summed E-state index contributed by atoms with van der Waals surface area (Å²) in [6, 6.07) is 14.4. The highest BCUT2D eigenvalue weighted by Gasteiger charge is 2.31. The summed E-state index contributed by atoms with van der Waals surface area (Å²) in [5.74, 6) is 0.554. The normalized spacial score (nSPS) is 16.2. The van der Waals surface area contributed by atoms with Crippen molar-refractivity contribution in [2.45, 2.75) is 13.3 Å². The number of likely N-dealkylation sites (N-methyl/N-ethyl adjacent to an activating group) is 1. The molecule has 1 heterocycles. The van der Waals surface area contributed by atoms with Gasteiger partial charge in [-0.1, -0.05) is 30.3 Å². The fraction of sp³-hybridized carbons (Fsp3) is 0.292. The molecule has 2 N–H and O–H groups in total. The number of likely N-dealkylation sites (tertiary alicyclic amines) is 1. The third-order valence-electron chi connectivity index (χ3n) is 5.18. The van der Waals surface area contributed by atoms with Gasteiger partial charge in [0.1, 0.15) is 11.6 Å². The van der Waals surface area contributed by atoms with Crippen LogP contribution in [0.5, 0.6) is 5.75 Å². The number of phenols is 1. The number of carbonyl (C=O) groups excluding carboxylic acids is 1. The molecule has 162 valence electrons. The maximum atomic E-state index is 13.3. The number of benzene rings is 2. The van der Waals surface area contributed by atoms with Crippen molar-refractivity contribution in [1.82, 2.24) is 9.80 Å². The summed E-state index contributed by atoms with van der Waals surface area (Å²) in [6.45, 7) is 3.38. The number of rotatable bonds is 5. The number of hydrogen-bond donors (Lipinski definition) is 2. The molecule has 0 radical (unpaired) electrons. The number of nitrogens with zero attached hydrogens (tertiary/aromatic N) is 3. The minimum atomic E-state index is -0.136. The number of aliphatic imine (C=N–C) groups is 1. The van der Waals surface area contributed by atoms with Crippen molar-refractivity contribution in [3.8, 4) is 5.75 Å². The Morgan fingerprint density at radius 1 is 1.29 bits per heavy atom. The summed E-state index contributed by atoms with van der Waals surface area (Å²) < 4.78 is 5.09. The van der Waals surface area contributed by atoms with Crippen LogP contribution in [0.2, 0.25) is 0 Å². The lowest BCUT2D eigenvalue weighted by atomic mass is 10.1. The first-order chi connectivity index (χ1) is 14.9. The molecule has 2 aromatic rings. The number of amides is 1. The zero-order valence-corrected chi connectivity index (χ0v) is 18.1. The van der Waals surface area contributed by atoms with Crippen LogP contribution in [0.4, 0.5) is 0 Å². The van der Waals surface area contributed by atoms with Gasteiger partial charge in [0.25, 0.3) is 5.91 Å². The molecule has 1 aliphatic rings. The number of hydrogen-bond acceptors (Lipinski definition) is 4. The number of aromatic hydroxyl groups is 1. The average molecular weight is 421 g/mol. The van der Waals surface area contributed by atoms with E-state index in [1.54, 1.807) is 42.2 Å².